The summed E-state index contributed by atoms with van der Waals surface area (Å²) in [6, 6.07) is 1.19. The van der Waals surface area contributed by atoms with E-state index >= 15 is 0 Å². The van der Waals surface area contributed by atoms with Crippen LogP contribution in [0.5, 0.6) is 0 Å². The highest BCUT2D eigenvalue weighted by atomic mass is 15.0. The first-order valence-electron chi connectivity index (χ1n) is 13.6. The lowest BCUT2D eigenvalue weighted by Crippen LogP contribution is -2.45. The van der Waals surface area contributed by atoms with Crippen LogP contribution in [0.3, 0.4) is 0 Å². The van der Waals surface area contributed by atoms with E-state index in [1.807, 2.05) is 6.92 Å². The van der Waals surface area contributed by atoms with E-state index in [9.17, 15) is 0 Å². The molecule has 0 aliphatic heterocycles. The maximum absolute atomic E-state index is 5.78. The first-order chi connectivity index (χ1) is 15.1. The van der Waals surface area contributed by atoms with Crippen LogP contribution in [0.2, 0.25) is 0 Å². The predicted octanol–water partition coefficient (Wildman–Crippen LogP) is 5.92. The molecule has 0 aliphatic carbocycles. The number of nitrogens with two attached hydrogens (primary N) is 1. The minimum Gasteiger partial charge on any atom is -0.327 e. The summed E-state index contributed by atoms with van der Waals surface area (Å²) in [5.41, 5.74) is 5.78. The Morgan fingerprint density at radius 2 is 1.10 bits per heavy atom. The molecule has 31 heavy (non-hydrogen) atoms. The fourth-order valence-electron chi connectivity index (χ4n) is 3.73. The Morgan fingerprint density at radius 3 is 1.68 bits per heavy atom. The lowest BCUT2D eigenvalue weighted by Gasteiger charge is -2.20. The van der Waals surface area contributed by atoms with Crippen molar-refractivity contribution in [2.24, 2.45) is 5.73 Å². The van der Waals surface area contributed by atoms with Gasteiger partial charge in [-0.15, -0.1) is 0 Å². The maximum Gasteiger partial charge on any atom is 0.0164 e. The van der Waals surface area contributed by atoms with Crippen LogP contribution >= 0.6 is 0 Å². The van der Waals surface area contributed by atoms with Gasteiger partial charge in [-0.25, -0.2) is 0 Å². The van der Waals surface area contributed by atoms with Gasteiger partial charge in [-0.1, -0.05) is 76.9 Å². The molecule has 5 N–H and O–H groups in total. The second-order valence-corrected chi connectivity index (χ2v) is 9.74. The number of hydrogen-bond donors (Lipinski definition) is 4. The third-order valence-electron chi connectivity index (χ3n) is 5.88. The fourth-order valence-corrected chi connectivity index (χ4v) is 3.73. The highest BCUT2D eigenvalue weighted by Gasteiger charge is 2.05. The van der Waals surface area contributed by atoms with Crippen molar-refractivity contribution in [3.8, 4) is 0 Å². The van der Waals surface area contributed by atoms with Gasteiger partial charge in [-0.3, -0.25) is 0 Å². The molecule has 0 saturated heterocycles. The van der Waals surface area contributed by atoms with Crippen molar-refractivity contribution < 1.29 is 0 Å². The van der Waals surface area contributed by atoms with E-state index in [1.54, 1.807) is 0 Å². The number of allylic oxidation sites excluding steroid dienone is 2. The Kier molecular flexibility index (Phi) is 23.9. The third kappa shape index (κ3) is 25.7. The second kappa shape index (κ2) is 24.2. The van der Waals surface area contributed by atoms with Crippen molar-refractivity contribution in [3.05, 3.63) is 12.2 Å². The molecule has 0 fully saturated rings. The van der Waals surface area contributed by atoms with Crippen LogP contribution in [0, 0.1) is 0 Å². The van der Waals surface area contributed by atoms with E-state index in [0.29, 0.717) is 12.1 Å². The van der Waals surface area contributed by atoms with Gasteiger partial charge in [0.1, 0.15) is 0 Å². The van der Waals surface area contributed by atoms with Gasteiger partial charge in [0.25, 0.3) is 0 Å². The third-order valence-corrected chi connectivity index (χ3v) is 5.88. The fraction of sp³-hybridized carbons (Fsp3) is 0.926. The normalized spacial score (nSPS) is 14.9. The molecule has 0 aromatic carbocycles. The molecule has 0 saturated carbocycles. The van der Waals surface area contributed by atoms with Crippen molar-refractivity contribution in [2.75, 3.05) is 26.2 Å². The molecule has 0 aromatic heterocycles. The van der Waals surface area contributed by atoms with Crippen molar-refractivity contribution in [3.63, 3.8) is 0 Å². The van der Waals surface area contributed by atoms with Crippen LogP contribution in [-0.2, 0) is 0 Å². The van der Waals surface area contributed by atoms with Crippen LogP contribution in [0.4, 0.5) is 0 Å². The van der Waals surface area contributed by atoms with Gasteiger partial charge in [0, 0.05) is 37.8 Å². The number of rotatable bonds is 24. The Balaban J connectivity index is 3.26. The summed E-state index contributed by atoms with van der Waals surface area (Å²) in [4.78, 5) is 0. The van der Waals surface area contributed by atoms with Crippen molar-refractivity contribution in [1.82, 2.24) is 16.0 Å². The predicted molar refractivity (Wildman–Crippen MR) is 141 cm³/mol. The zero-order valence-electron chi connectivity index (χ0n) is 21.7. The smallest absolute Gasteiger partial charge is 0.0164 e. The van der Waals surface area contributed by atoms with Gasteiger partial charge >= 0.3 is 0 Å². The van der Waals surface area contributed by atoms with Gasteiger partial charge in [0.05, 0.1) is 0 Å². The molecule has 3 atom stereocenters. The van der Waals surface area contributed by atoms with Crippen molar-refractivity contribution in [2.45, 2.75) is 136 Å². The average molecular weight is 439 g/mol. The summed E-state index contributed by atoms with van der Waals surface area (Å²) in [5.74, 6) is 0. The average Bonchev–Trinajstić information content (AvgIpc) is 2.75. The Hall–Kier alpha value is -0.420. The zero-order valence-corrected chi connectivity index (χ0v) is 21.7. The van der Waals surface area contributed by atoms with E-state index in [-0.39, 0.29) is 6.04 Å². The SMILES string of the molecule is CCCCCCCCC=CCCCCCCCCNCC(C)NCC(C)NCC(C)N. The molecule has 0 heterocycles. The second-order valence-electron chi connectivity index (χ2n) is 9.74. The minimum atomic E-state index is 0.220. The summed E-state index contributed by atoms with van der Waals surface area (Å²) in [6.45, 7) is 12.9. The lowest BCUT2D eigenvalue weighted by atomic mass is 10.1. The molecule has 3 unspecified atom stereocenters. The van der Waals surface area contributed by atoms with Gasteiger partial charge in [0.15, 0.2) is 0 Å². The number of hydrogen-bond acceptors (Lipinski definition) is 4. The van der Waals surface area contributed by atoms with E-state index in [1.165, 1.54) is 89.9 Å². The molecular formula is C27H58N4. The van der Waals surface area contributed by atoms with Gasteiger partial charge < -0.3 is 21.7 Å². The summed E-state index contributed by atoms with van der Waals surface area (Å²) in [6.07, 6.45) is 24.0. The van der Waals surface area contributed by atoms with Gasteiger partial charge in [0.2, 0.25) is 0 Å². The van der Waals surface area contributed by atoms with Gasteiger partial charge in [-0.2, -0.15) is 0 Å². The Labute approximate surface area is 196 Å². The molecule has 0 rings (SSSR count). The molecule has 4 heteroatoms. The van der Waals surface area contributed by atoms with E-state index in [0.717, 1.165) is 26.2 Å². The van der Waals surface area contributed by atoms with E-state index in [2.05, 4.69) is 48.9 Å². The van der Waals surface area contributed by atoms with Crippen LogP contribution in [-0.4, -0.2) is 44.3 Å². The topological polar surface area (TPSA) is 62.1 Å². The lowest BCUT2D eigenvalue weighted by molar-refractivity contribution is 0.435. The Morgan fingerprint density at radius 1 is 0.613 bits per heavy atom. The van der Waals surface area contributed by atoms with Crippen LogP contribution in [0.1, 0.15) is 118 Å². The van der Waals surface area contributed by atoms with E-state index in [4.69, 9.17) is 5.73 Å². The Bertz CT molecular complexity index is 370. The molecule has 186 valence electrons. The summed E-state index contributed by atoms with van der Waals surface area (Å²) < 4.78 is 0. The first-order valence-corrected chi connectivity index (χ1v) is 13.6. The van der Waals surface area contributed by atoms with Crippen LogP contribution in [0.25, 0.3) is 0 Å². The van der Waals surface area contributed by atoms with Crippen molar-refractivity contribution in [1.29, 1.82) is 0 Å². The van der Waals surface area contributed by atoms with Crippen molar-refractivity contribution >= 4 is 0 Å². The highest BCUT2D eigenvalue weighted by molar-refractivity contribution is 4.81. The molecular weight excluding hydrogens is 380 g/mol. The monoisotopic (exact) mass is 438 g/mol. The molecule has 0 aliphatic rings. The number of unbranched alkanes of at least 4 members (excludes halogenated alkanes) is 12. The summed E-state index contributed by atoms with van der Waals surface area (Å²) in [5, 5.41) is 10.6. The number of nitrogens with one attached hydrogen (secondary N) is 3. The largest absolute Gasteiger partial charge is 0.327 e. The summed E-state index contributed by atoms with van der Waals surface area (Å²) >= 11 is 0. The van der Waals surface area contributed by atoms with Crippen LogP contribution < -0.4 is 21.7 Å². The summed E-state index contributed by atoms with van der Waals surface area (Å²) in [7, 11) is 0. The minimum absolute atomic E-state index is 0.220. The zero-order chi connectivity index (χ0) is 23.0. The van der Waals surface area contributed by atoms with Crippen LogP contribution in [0.15, 0.2) is 12.2 Å². The first kappa shape index (κ1) is 30.6. The molecule has 0 radical (unpaired) electrons. The molecule has 0 amide bonds. The van der Waals surface area contributed by atoms with Gasteiger partial charge in [-0.05, 0) is 59.4 Å². The highest BCUT2D eigenvalue weighted by Crippen LogP contribution is 2.09. The van der Waals surface area contributed by atoms with E-state index < -0.39 is 0 Å². The molecule has 4 nitrogen and oxygen atoms in total. The molecule has 0 aromatic rings. The molecule has 0 spiro atoms. The molecule has 0 bridgehead atoms. The maximum atomic E-state index is 5.78. The quantitative estimate of drug-likeness (QED) is 0.112. The standard InChI is InChI=1S/C27H58N4/c1-5-6-7-8-9-10-11-12-13-14-15-16-17-18-19-20-21-29-23-26(3)31-24-27(4)30-22-25(2)28/h12-13,25-27,29-31H,5-11,14-24,28H2,1-4H3.